The molecule has 1 aliphatic rings. The van der Waals surface area contributed by atoms with E-state index in [0.29, 0.717) is 0 Å². The van der Waals surface area contributed by atoms with Crippen molar-refractivity contribution in [2.45, 2.75) is 52.4 Å². The van der Waals surface area contributed by atoms with E-state index in [2.05, 4.69) is 32.2 Å². The van der Waals surface area contributed by atoms with E-state index in [1.165, 1.54) is 45.1 Å². The zero-order valence-electron chi connectivity index (χ0n) is 10.6. The number of allylic oxidation sites excluding steroid dienone is 3. The minimum atomic E-state index is 1.26. The average molecular weight is 220 g/mol. The van der Waals surface area contributed by atoms with Crippen molar-refractivity contribution in [3.05, 3.63) is 30.6 Å². The second-order valence-corrected chi connectivity index (χ2v) is 4.14. The first-order valence-electron chi connectivity index (χ1n) is 6.34. The van der Waals surface area contributed by atoms with Crippen molar-refractivity contribution in [2.75, 3.05) is 6.54 Å². The van der Waals surface area contributed by atoms with E-state index in [-0.39, 0.29) is 0 Å². The van der Waals surface area contributed by atoms with Crippen LogP contribution in [0.5, 0.6) is 0 Å². The summed E-state index contributed by atoms with van der Waals surface area (Å²) in [7, 11) is 0. The lowest BCUT2D eigenvalue weighted by Crippen LogP contribution is -3.04. The normalized spacial score (nSPS) is 17.8. The Bertz CT molecular complexity index is 238. The van der Waals surface area contributed by atoms with E-state index in [9.17, 15) is 0 Å². The second-order valence-electron chi connectivity index (χ2n) is 4.14. The molecule has 0 aromatic heterocycles. The van der Waals surface area contributed by atoms with Gasteiger partial charge in [-0.15, -0.1) is 0 Å². The van der Waals surface area contributed by atoms with Crippen molar-refractivity contribution < 1.29 is 4.90 Å². The highest BCUT2D eigenvalue weighted by molar-refractivity contribution is 5.10. The third-order valence-electron chi connectivity index (χ3n) is 2.83. The molecule has 0 aliphatic carbocycles. The largest absolute Gasteiger partial charge is 0.512 e. The maximum atomic E-state index is 6.25. The highest BCUT2D eigenvalue weighted by Gasteiger charge is 2.14. The van der Waals surface area contributed by atoms with E-state index in [0.717, 1.165) is 0 Å². The Hall–Kier alpha value is -1.07. The van der Waals surface area contributed by atoms with Gasteiger partial charge in [0.05, 0.1) is 12.7 Å². The molecule has 0 aromatic carbocycles. The minimum absolute atomic E-state index is 1.26. The van der Waals surface area contributed by atoms with Gasteiger partial charge in [0.25, 0.3) is 0 Å². The summed E-state index contributed by atoms with van der Waals surface area (Å²) >= 11 is 0. The van der Waals surface area contributed by atoms with E-state index < -0.39 is 0 Å². The number of hydrogen-bond donors (Lipinski definition) is 1. The molecule has 0 bridgehead atoms. The topological polar surface area (TPSA) is 28.2 Å². The lowest BCUT2D eigenvalue weighted by Gasteiger charge is -2.13. The molecule has 0 fully saturated rings. The number of nitrogens with zero attached hydrogens (tertiary/aromatic N) is 1. The number of rotatable bonds is 7. The fourth-order valence-corrected chi connectivity index (χ4v) is 1.99. The van der Waals surface area contributed by atoms with Crippen LogP contribution in [0.25, 0.3) is 0 Å². The molecule has 2 heteroatoms. The summed E-state index contributed by atoms with van der Waals surface area (Å²) in [5.74, 6) is 0. The third-order valence-corrected chi connectivity index (χ3v) is 2.83. The number of quaternary nitrogens is 1. The van der Waals surface area contributed by atoms with E-state index in [1.807, 2.05) is 0 Å². The predicted molar refractivity (Wildman–Crippen MR) is 67.1 cm³/mol. The van der Waals surface area contributed by atoms with Crippen molar-refractivity contribution in [1.29, 1.82) is 5.26 Å². The first-order chi connectivity index (χ1) is 7.88. The van der Waals surface area contributed by atoms with E-state index in [1.54, 1.807) is 10.6 Å². The Labute approximate surface area is 100 Å². The molecule has 1 atom stereocenters. The number of unbranched alkanes of at least 4 members (excludes halogenated alkanes) is 3. The Morgan fingerprint density at radius 3 is 2.50 bits per heavy atom. The number of hydrogen-bond acceptors (Lipinski definition) is 1. The Balaban J connectivity index is 0.00000106. The molecule has 16 heavy (non-hydrogen) atoms. The molecule has 0 radical (unpaired) electrons. The van der Waals surface area contributed by atoms with Crippen LogP contribution >= 0.6 is 0 Å². The highest BCUT2D eigenvalue weighted by Crippen LogP contribution is 2.02. The lowest BCUT2D eigenvalue weighted by molar-refractivity contribution is -0.804. The maximum absolute atomic E-state index is 6.25. The van der Waals surface area contributed by atoms with Gasteiger partial charge in [0.1, 0.15) is 5.70 Å². The zero-order valence-corrected chi connectivity index (χ0v) is 10.6. The Kier molecular flexibility index (Phi) is 9.75. The van der Waals surface area contributed by atoms with E-state index in [4.69, 9.17) is 11.8 Å². The summed E-state index contributed by atoms with van der Waals surface area (Å²) in [4.78, 5) is 1.60. The maximum Gasteiger partial charge on any atom is 0.112 e. The van der Waals surface area contributed by atoms with Crippen LogP contribution < -0.4 is 4.90 Å². The van der Waals surface area contributed by atoms with Gasteiger partial charge in [-0.1, -0.05) is 26.7 Å². The molecule has 0 saturated heterocycles. The standard InChI is InChI=1S/C13H23N.CN/c1-3-5-6-7-11-14-12-8-10-13(14)9-4-2;1-2/h8,10,12H,3-7,9,11H2,1-2H3;/q;-1/p+1. The van der Waals surface area contributed by atoms with Crippen LogP contribution in [0.3, 0.4) is 0 Å². The van der Waals surface area contributed by atoms with Crippen molar-refractivity contribution in [3.8, 4) is 0 Å². The minimum Gasteiger partial charge on any atom is -0.512 e. The van der Waals surface area contributed by atoms with Gasteiger partial charge in [-0.2, -0.15) is 0 Å². The number of nitrogens with one attached hydrogen (secondary N) is 1. The molecule has 1 rings (SSSR count). The van der Waals surface area contributed by atoms with Gasteiger partial charge < -0.3 is 11.8 Å². The van der Waals surface area contributed by atoms with Gasteiger partial charge in [-0.05, 0) is 25.3 Å². The monoisotopic (exact) mass is 220 g/mol. The van der Waals surface area contributed by atoms with Gasteiger partial charge in [0, 0.05) is 12.5 Å². The van der Waals surface area contributed by atoms with Gasteiger partial charge in [0.15, 0.2) is 0 Å². The molecule has 2 nitrogen and oxygen atoms in total. The van der Waals surface area contributed by atoms with E-state index >= 15 is 0 Å². The van der Waals surface area contributed by atoms with Crippen LogP contribution in [-0.2, 0) is 0 Å². The summed E-state index contributed by atoms with van der Waals surface area (Å²) < 4.78 is 0. The van der Waals surface area contributed by atoms with Gasteiger partial charge in [-0.3, -0.25) is 4.90 Å². The van der Waals surface area contributed by atoms with Crippen molar-refractivity contribution in [1.82, 2.24) is 0 Å². The Morgan fingerprint density at radius 2 is 1.88 bits per heavy atom. The Morgan fingerprint density at radius 1 is 1.12 bits per heavy atom. The predicted octanol–water partition coefficient (Wildman–Crippen LogP) is 2.76. The fourth-order valence-electron chi connectivity index (χ4n) is 1.99. The molecular weight excluding hydrogens is 196 g/mol. The highest BCUT2D eigenvalue weighted by atomic mass is 15.1. The summed E-state index contributed by atoms with van der Waals surface area (Å²) in [6, 6.07) is 0. The first kappa shape index (κ1) is 14.9. The molecule has 1 heterocycles. The lowest BCUT2D eigenvalue weighted by atomic mass is 10.2. The van der Waals surface area contributed by atoms with Crippen molar-refractivity contribution in [3.63, 3.8) is 0 Å². The van der Waals surface area contributed by atoms with Gasteiger partial charge in [0.2, 0.25) is 0 Å². The molecule has 0 aromatic rings. The average Bonchev–Trinajstić information content (AvgIpc) is 2.76. The molecule has 0 saturated carbocycles. The molecule has 90 valence electrons. The van der Waals surface area contributed by atoms with Crippen molar-refractivity contribution >= 4 is 0 Å². The van der Waals surface area contributed by atoms with Crippen LogP contribution in [0, 0.1) is 11.8 Å². The smallest absolute Gasteiger partial charge is 0.112 e. The second kappa shape index (κ2) is 10.4. The fraction of sp³-hybridized carbons (Fsp3) is 0.643. The quantitative estimate of drug-likeness (QED) is 0.518. The first-order valence-corrected chi connectivity index (χ1v) is 6.34. The molecule has 1 aliphatic heterocycles. The van der Waals surface area contributed by atoms with Crippen LogP contribution in [-0.4, -0.2) is 6.54 Å². The summed E-state index contributed by atoms with van der Waals surface area (Å²) in [5, 5.41) is 6.25. The molecule has 1 unspecified atom stereocenters. The van der Waals surface area contributed by atoms with Gasteiger partial charge >= 0.3 is 0 Å². The summed E-state index contributed by atoms with van der Waals surface area (Å²) in [6.45, 7) is 10.6. The van der Waals surface area contributed by atoms with Crippen LogP contribution in [0.2, 0.25) is 0 Å². The molecule has 0 amide bonds. The van der Waals surface area contributed by atoms with Crippen LogP contribution in [0.1, 0.15) is 52.4 Å². The van der Waals surface area contributed by atoms with Gasteiger partial charge in [-0.25, -0.2) is 0 Å². The zero-order chi connectivity index (χ0) is 12.2. The summed E-state index contributed by atoms with van der Waals surface area (Å²) in [5.41, 5.74) is 1.59. The van der Waals surface area contributed by atoms with Crippen LogP contribution in [0.4, 0.5) is 0 Å². The van der Waals surface area contributed by atoms with Crippen molar-refractivity contribution in [2.24, 2.45) is 0 Å². The SMILES string of the molecule is CCCCCC[NH+]1C=CC=C1CCC.[C-]#N. The summed E-state index contributed by atoms with van der Waals surface area (Å²) in [6.07, 6.45) is 14.8. The molecule has 0 spiro atoms. The third kappa shape index (κ3) is 5.72. The molecular formula is C14H24N2. The van der Waals surface area contributed by atoms with Crippen LogP contribution in [0.15, 0.2) is 24.0 Å². The molecule has 1 N–H and O–H groups in total.